The van der Waals surface area contributed by atoms with E-state index in [2.05, 4.69) is 52.4 Å². The fourth-order valence-electron chi connectivity index (χ4n) is 2.24. The van der Waals surface area contributed by atoms with Crippen LogP contribution in [0.25, 0.3) is 0 Å². The quantitative estimate of drug-likeness (QED) is 0.880. The topological polar surface area (TPSA) is 12.0 Å². The van der Waals surface area contributed by atoms with Gasteiger partial charge in [-0.1, -0.05) is 45.8 Å². The van der Waals surface area contributed by atoms with E-state index in [9.17, 15) is 4.39 Å². The fraction of sp³-hybridized carbons (Fsp3) is 0.250. The number of aryl methyl sites for hydroxylation is 1. The molecule has 1 nitrogen and oxygen atoms in total. The molecule has 0 radical (unpaired) electrons. The normalized spacial score (nSPS) is 12.4. The van der Waals surface area contributed by atoms with Crippen LogP contribution < -0.4 is 5.32 Å². The number of hydrogen-bond acceptors (Lipinski definition) is 1. The van der Waals surface area contributed by atoms with Crippen LogP contribution >= 0.6 is 15.9 Å². The molecule has 0 aliphatic carbocycles. The Kier molecular flexibility index (Phi) is 4.72. The minimum absolute atomic E-state index is 0.189. The Labute approximate surface area is 122 Å². The summed E-state index contributed by atoms with van der Waals surface area (Å²) in [6, 6.07) is 13.6. The number of hydrogen-bond donors (Lipinski definition) is 1. The Morgan fingerprint density at radius 1 is 1.21 bits per heavy atom. The summed E-state index contributed by atoms with van der Waals surface area (Å²) in [6.45, 7) is 2.08. The van der Waals surface area contributed by atoms with E-state index in [1.54, 1.807) is 6.07 Å². The van der Waals surface area contributed by atoms with E-state index in [-0.39, 0.29) is 11.9 Å². The molecule has 1 unspecified atom stereocenters. The standard InChI is InChI=1S/C16H17BrFN/c1-11-4-3-5-13(6-11)16(19-2)9-12-7-14(17)10-15(18)8-12/h3-8,10,16,19H,9H2,1-2H3. The molecule has 0 aliphatic heterocycles. The summed E-state index contributed by atoms with van der Waals surface area (Å²) in [4.78, 5) is 0. The summed E-state index contributed by atoms with van der Waals surface area (Å²) in [5.74, 6) is -0.205. The van der Waals surface area contributed by atoms with E-state index in [0.29, 0.717) is 0 Å². The first kappa shape index (κ1) is 14.2. The van der Waals surface area contributed by atoms with Crippen LogP contribution in [0.5, 0.6) is 0 Å². The van der Waals surface area contributed by atoms with Gasteiger partial charge in [-0.15, -0.1) is 0 Å². The lowest BCUT2D eigenvalue weighted by atomic mass is 9.98. The van der Waals surface area contributed by atoms with Gasteiger partial charge in [0.15, 0.2) is 0 Å². The first-order valence-electron chi connectivity index (χ1n) is 6.27. The van der Waals surface area contributed by atoms with E-state index in [1.165, 1.54) is 17.2 Å². The van der Waals surface area contributed by atoms with Crippen LogP contribution in [0.1, 0.15) is 22.7 Å². The van der Waals surface area contributed by atoms with E-state index < -0.39 is 0 Å². The molecule has 100 valence electrons. The van der Waals surface area contributed by atoms with Crippen molar-refractivity contribution in [3.05, 3.63) is 69.4 Å². The van der Waals surface area contributed by atoms with Gasteiger partial charge in [0.1, 0.15) is 5.82 Å². The van der Waals surface area contributed by atoms with Crippen LogP contribution in [0, 0.1) is 12.7 Å². The summed E-state index contributed by atoms with van der Waals surface area (Å²) >= 11 is 3.33. The van der Waals surface area contributed by atoms with E-state index >= 15 is 0 Å². The van der Waals surface area contributed by atoms with Crippen LogP contribution in [-0.2, 0) is 6.42 Å². The molecular formula is C16H17BrFN. The predicted octanol–water partition coefficient (Wildman–Crippen LogP) is 4.40. The van der Waals surface area contributed by atoms with Crippen molar-refractivity contribution >= 4 is 15.9 Å². The Hall–Kier alpha value is -1.19. The van der Waals surface area contributed by atoms with Crippen molar-refractivity contribution in [2.24, 2.45) is 0 Å². The van der Waals surface area contributed by atoms with Gasteiger partial charge in [-0.25, -0.2) is 4.39 Å². The van der Waals surface area contributed by atoms with Crippen LogP contribution in [0.15, 0.2) is 46.9 Å². The third-order valence-electron chi connectivity index (χ3n) is 3.16. The summed E-state index contributed by atoms with van der Waals surface area (Å²) < 4.78 is 14.2. The van der Waals surface area contributed by atoms with Gasteiger partial charge in [0.25, 0.3) is 0 Å². The number of benzene rings is 2. The molecule has 0 spiro atoms. The fourth-order valence-corrected chi connectivity index (χ4v) is 2.75. The maximum Gasteiger partial charge on any atom is 0.124 e. The molecule has 1 atom stereocenters. The van der Waals surface area contributed by atoms with Gasteiger partial charge in [0.2, 0.25) is 0 Å². The lowest BCUT2D eigenvalue weighted by molar-refractivity contribution is 0.583. The van der Waals surface area contributed by atoms with Crippen molar-refractivity contribution in [2.75, 3.05) is 7.05 Å². The highest BCUT2D eigenvalue weighted by atomic mass is 79.9. The van der Waals surface area contributed by atoms with Gasteiger partial charge in [-0.05, 0) is 49.7 Å². The Morgan fingerprint density at radius 3 is 2.63 bits per heavy atom. The number of nitrogens with one attached hydrogen (secondary N) is 1. The molecule has 0 bridgehead atoms. The smallest absolute Gasteiger partial charge is 0.124 e. The molecule has 1 N–H and O–H groups in total. The molecule has 2 rings (SSSR count). The summed E-state index contributed by atoms with van der Waals surface area (Å²) in [5.41, 5.74) is 3.44. The van der Waals surface area contributed by atoms with Gasteiger partial charge in [0.05, 0.1) is 0 Å². The second-order valence-electron chi connectivity index (χ2n) is 4.74. The lowest BCUT2D eigenvalue weighted by Gasteiger charge is -2.17. The third-order valence-corrected chi connectivity index (χ3v) is 3.61. The van der Waals surface area contributed by atoms with Gasteiger partial charge < -0.3 is 5.32 Å². The van der Waals surface area contributed by atoms with E-state index in [0.717, 1.165) is 16.5 Å². The van der Waals surface area contributed by atoms with Crippen LogP contribution in [0.2, 0.25) is 0 Å². The molecule has 0 fully saturated rings. The van der Waals surface area contributed by atoms with Crippen molar-refractivity contribution in [1.82, 2.24) is 5.32 Å². The minimum atomic E-state index is -0.205. The van der Waals surface area contributed by atoms with Crippen molar-refractivity contribution in [3.8, 4) is 0 Å². The second kappa shape index (κ2) is 6.31. The van der Waals surface area contributed by atoms with Crippen LogP contribution in [-0.4, -0.2) is 7.05 Å². The Morgan fingerprint density at radius 2 is 2.00 bits per heavy atom. The molecular weight excluding hydrogens is 305 g/mol. The van der Waals surface area contributed by atoms with Crippen molar-refractivity contribution in [2.45, 2.75) is 19.4 Å². The number of likely N-dealkylation sites (N-methyl/N-ethyl adjacent to an activating group) is 1. The second-order valence-corrected chi connectivity index (χ2v) is 5.65. The van der Waals surface area contributed by atoms with Gasteiger partial charge >= 0.3 is 0 Å². The van der Waals surface area contributed by atoms with Gasteiger partial charge in [0, 0.05) is 10.5 Å². The van der Waals surface area contributed by atoms with Crippen LogP contribution in [0.4, 0.5) is 4.39 Å². The van der Waals surface area contributed by atoms with E-state index in [4.69, 9.17) is 0 Å². The first-order chi connectivity index (χ1) is 9.08. The van der Waals surface area contributed by atoms with Crippen LogP contribution in [0.3, 0.4) is 0 Å². The molecule has 2 aromatic rings. The number of rotatable bonds is 4. The zero-order chi connectivity index (χ0) is 13.8. The highest BCUT2D eigenvalue weighted by Gasteiger charge is 2.11. The van der Waals surface area contributed by atoms with Crippen molar-refractivity contribution in [1.29, 1.82) is 0 Å². The average molecular weight is 322 g/mol. The molecule has 3 heteroatoms. The molecule has 0 amide bonds. The van der Waals surface area contributed by atoms with Gasteiger partial charge in [-0.2, -0.15) is 0 Å². The third kappa shape index (κ3) is 3.88. The summed E-state index contributed by atoms with van der Waals surface area (Å²) in [6.07, 6.45) is 0.760. The molecule has 0 saturated carbocycles. The lowest BCUT2D eigenvalue weighted by Crippen LogP contribution is -2.19. The summed E-state index contributed by atoms with van der Waals surface area (Å²) in [7, 11) is 1.93. The SMILES string of the molecule is CNC(Cc1cc(F)cc(Br)c1)c1cccc(C)c1. The van der Waals surface area contributed by atoms with Crippen molar-refractivity contribution < 1.29 is 4.39 Å². The number of halogens is 2. The van der Waals surface area contributed by atoms with Gasteiger partial charge in [-0.3, -0.25) is 0 Å². The molecule has 0 aliphatic rings. The largest absolute Gasteiger partial charge is 0.313 e. The molecule has 2 aromatic carbocycles. The molecule has 19 heavy (non-hydrogen) atoms. The Balaban J connectivity index is 2.23. The van der Waals surface area contributed by atoms with E-state index in [1.807, 2.05) is 13.1 Å². The average Bonchev–Trinajstić information content (AvgIpc) is 2.34. The van der Waals surface area contributed by atoms with Crippen molar-refractivity contribution in [3.63, 3.8) is 0 Å². The predicted molar refractivity (Wildman–Crippen MR) is 80.8 cm³/mol. The minimum Gasteiger partial charge on any atom is -0.313 e. The maximum atomic E-state index is 13.4. The Bertz CT molecular complexity index is 548. The molecule has 0 saturated heterocycles. The zero-order valence-electron chi connectivity index (χ0n) is 11.1. The maximum absolute atomic E-state index is 13.4. The monoisotopic (exact) mass is 321 g/mol. The molecule has 0 aromatic heterocycles. The highest BCUT2D eigenvalue weighted by Crippen LogP contribution is 2.22. The zero-order valence-corrected chi connectivity index (χ0v) is 12.7. The molecule has 0 heterocycles. The highest BCUT2D eigenvalue weighted by molar-refractivity contribution is 9.10. The summed E-state index contributed by atoms with van der Waals surface area (Å²) in [5, 5.41) is 3.30. The first-order valence-corrected chi connectivity index (χ1v) is 7.06.